The minimum Gasteiger partial charge on any atom is -0.459 e. The molecule has 2 aliphatic rings. The van der Waals surface area contributed by atoms with Crippen LogP contribution in [-0.4, -0.2) is 46.0 Å². The summed E-state index contributed by atoms with van der Waals surface area (Å²) in [5, 5.41) is 0.164. The fourth-order valence-corrected chi connectivity index (χ4v) is 6.75. The van der Waals surface area contributed by atoms with Gasteiger partial charge in [0.1, 0.15) is 6.10 Å². The van der Waals surface area contributed by atoms with Gasteiger partial charge >= 0.3 is 5.97 Å². The van der Waals surface area contributed by atoms with Gasteiger partial charge in [-0.15, -0.1) is 0 Å². The summed E-state index contributed by atoms with van der Waals surface area (Å²) < 4.78 is 25.4. The average Bonchev–Trinajstić information content (AvgIpc) is 2.94. The molecule has 43 heavy (non-hydrogen) atoms. The highest BCUT2D eigenvalue weighted by atomic mass is 28.4. The van der Waals surface area contributed by atoms with Crippen LogP contribution in [0.1, 0.15) is 104 Å². The maximum atomic E-state index is 13.3. The van der Waals surface area contributed by atoms with Gasteiger partial charge < -0.3 is 18.6 Å². The Hall–Kier alpha value is -1.99. The molecular formula is C37H58O5Si. The lowest BCUT2D eigenvalue weighted by atomic mass is 9.90. The van der Waals surface area contributed by atoms with E-state index in [9.17, 15) is 4.79 Å². The van der Waals surface area contributed by atoms with Gasteiger partial charge in [-0.2, -0.15) is 0 Å². The maximum Gasteiger partial charge on any atom is 0.330 e. The minimum atomic E-state index is -1.84. The minimum absolute atomic E-state index is 0.0549. The van der Waals surface area contributed by atoms with Crippen LogP contribution < -0.4 is 0 Å². The SMILES string of the molecule is CO[C@]1(CC/C(C)=C/Cc2ccccc2)C[C@H]2C[C@@H](C/C(C)=C/CCCC/C(CCO[Si](C)(C)C(C)(C)C)=C\C(=O)O2)O1. The number of ether oxygens (including phenoxy) is 3. The van der Waals surface area contributed by atoms with E-state index in [1.54, 1.807) is 13.2 Å². The highest BCUT2D eigenvalue weighted by molar-refractivity contribution is 6.74. The average molecular weight is 611 g/mol. The number of fused-ring (bicyclic) bond motifs is 2. The molecule has 0 amide bonds. The number of benzene rings is 1. The first-order valence-corrected chi connectivity index (χ1v) is 19.3. The molecule has 1 aromatic rings. The molecule has 3 rings (SSSR count). The first kappa shape index (κ1) is 35.5. The number of carbonyl (C=O) groups excluding carboxylic acids is 1. The van der Waals surface area contributed by atoms with E-state index in [1.807, 2.05) is 6.07 Å². The second-order valence-corrected chi connectivity index (χ2v) is 19.1. The molecule has 6 heteroatoms. The molecule has 2 heterocycles. The number of allylic oxidation sites excluding steroid dienone is 3. The molecule has 0 saturated carbocycles. The van der Waals surface area contributed by atoms with Crippen molar-refractivity contribution in [3.8, 4) is 0 Å². The standard InChI is InChI=1S/C37H58O5Si/c1-29(19-20-31-16-12-10-13-17-31)21-23-37(39-6)28-34-27-33(42-37)25-30(2)15-11-9-14-18-32(26-35(38)41-34)22-24-40-43(7,8)36(3,4)5/h10,12-13,15-17,19,26,33-34H,9,11,14,18,20-25,27-28H2,1-8H3/b29-19+,30-15+,32-26+/t33-,34-,37+/m1/s1. The zero-order chi connectivity index (χ0) is 31.5. The van der Waals surface area contributed by atoms with Crippen molar-refractivity contribution in [2.75, 3.05) is 13.7 Å². The molecule has 0 spiro atoms. The zero-order valence-electron chi connectivity index (χ0n) is 28.3. The molecular weight excluding hydrogens is 552 g/mol. The fraction of sp³-hybridized carbons (Fsp3) is 0.649. The molecule has 1 aromatic carbocycles. The third kappa shape index (κ3) is 11.8. The summed E-state index contributed by atoms with van der Waals surface area (Å²) in [6.45, 7) is 16.4. The predicted octanol–water partition coefficient (Wildman–Crippen LogP) is 9.64. The van der Waals surface area contributed by atoms with Gasteiger partial charge in [0.2, 0.25) is 0 Å². The molecule has 1 saturated heterocycles. The van der Waals surface area contributed by atoms with Gasteiger partial charge in [-0.25, -0.2) is 4.79 Å². The molecule has 0 N–H and O–H groups in total. The van der Waals surface area contributed by atoms with Crippen LogP contribution >= 0.6 is 0 Å². The smallest absolute Gasteiger partial charge is 0.330 e. The van der Waals surface area contributed by atoms with Crippen molar-refractivity contribution < 1.29 is 23.4 Å². The van der Waals surface area contributed by atoms with Crippen molar-refractivity contribution in [1.82, 2.24) is 0 Å². The van der Waals surface area contributed by atoms with Crippen molar-refractivity contribution in [3.63, 3.8) is 0 Å². The summed E-state index contributed by atoms with van der Waals surface area (Å²) in [6, 6.07) is 10.5. The van der Waals surface area contributed by atoms with Gasteiger partial charge in [-0.05, 0) is 88.9 Å². The lowest BCUT2D eigenvalue weighted by molar-refractivity contribution is -0.288. The van der Waals surface area contributed by atoms with E-state index in [0.717, 1.165) is 63.4 Å². The highest BCUT2D eigenvalue weighted by Gasteiger charge is 2.43. The topological polar surface area (TPSA) is 54.0 Å². The number of methoxy groups -OCH3 is 1. The lowest BCUT2D eigenvalue weighted by Crippen LogP contribution is -2.48. The summed E-state index contributed by atoms with van der Waals surface area (Å²) in [7, 11) is -0.113. The second kappa shape index (κ2) is 16.4. The Bertz CT molecular complexity index is 1110. The Morgan fingerprint density at radius 2 is 1.88 bits per heavy atom. The van der Waals surface area contributed by atoms with Crippen LogP contribution in [0, 0.1) is 0 Å². The Morgan fingerprint density at radius 3 is 2.58 bits per heavy atom. The van der Waals surface area contributed by atoms with E-state index in [2.05, 4.69) is 84.1 Å². The molecule has 0 aromatic heterocycles. The molecule has 0 unspecified atom stereocenters. The Morgan fingerprint density at radius 1 is 1.14 bits per heavy atom. The summed E-state index contributed by atoms with van der Waals surface area (Å²) in [4.78, 5) is 13.3. The molecule has 0 radical (unpaired) electrons. The number of hydrogen-bond donors (Lipinski definition) is 0. The third-order valence-electron chi connectivity index (χ3n) is 9.54. The van der Waals surface area contributed by atoms with E-state index in [4.69, 9.17) is 18.6 Å². The molecule has 240 valence electrons. The quantitative estimate of drug-likeness (QED) is 0.150. The molecule has 2 bridgehead atoms. The van der Waals surface area contributed by atoms with Gasteiger partial charge in [0, 0.05) is 39.1 Å². The predicted molar refractivity (Wildman–Crippen MR) is 180 cm³/mol. The van der Waals surface area contributed by atoms with Gasteiger partial charge in [0.05, 0.1) is 6.10 Å². The van der Waals surface area contributed by atoms with E-state index in [-0.39, 0.29) is 23.2 Å². The molecule has 5 nitrogen and oxygen atoms in total. The fourth-order valence-electron chi connectivity index (χ4n) is 5.70. The zero-order valence-corrected chi connectivity index (χ0v) is 29.3. The summed E-state index contributed by atoms with van der Waals surface area (Å²) in [6.07, 6.45) is 15.5. The lowest BCUT2D eigenvalue weighted by Gasteiger charge is -2.43. The molecule has 0 aliphatic carbocycles. The molecule has 2 aliphatic heterocycles. The van der Waals surface area contributed by atoms with Crippen molar-refractivity contribution in [2.45, 2.75) is 141 Å². The van der Waals surface area contributed by atoms with Crippen molar-refractivity contribution in [1.29, 1.82) is 0 Å². The van der Waals surface area contributed by atoms with Crippen LogP contribution in [-0.2, 0) is 29.9 Å². The normalized spacial score (nSPS) is 27.3. The summed E-state index contributed by atoms with van der Waals surface area (Å²) in [5.41, 5.74) is 5.07. The highest BCUT2D eigenvalue weighted by Crippen LogP contribution is 2.39. The van der Waals surface area contributed by atoms with Crippen molar-refractivity contribution in [3.05, 3.63) is 70.8 Å². The first-order chi connectivity index (χ1) is 20.3. The van der Waals surface area contributed by atoms with Crippen LogP contribution in [0.25, 0.3) is 0 Å². The van der Waals surface area contributed by atoms with Crippen LogP contribution in [0.15, 0.2) is 65.3 Å². The van der Waals surface area contributed by atoms with E-state index >= 15 is 0 Å². The second-order valence-electron chi connectivity index (χ2n) is 14.3. The Balaban J connectivity index is 1.72. The largest absolute Gasteiger partial charge is 0.459 e. The van der Waals surface area contributed by atoms with Gasteiger partial charge in [0.15, 0.2) is 14.1 Å². The van der Waals surface area contributed by atoms with E-state index < -0.39 is 14.1 Å². The number of rotatable bonds is 10. The monoisotopic (exact) mass is 610 g/mol. The van der Waals surface area contributed by atoms with Gasteiger partial charge in [-0.3, -0.25) is 0 Å². The third-order valence-corrected chi connectivity index (χ3v) is 14.1. The maximum absolute atomic E-state index is 13.3. The van der Waals surface area contributed by atoms with E-state index in [1.165, 1.54) is 16.7 Å². The number of hydrogen-bond acceptors (Lipinski definition) is 5. The molecule has 3 atom stereocenters. The van der Waals surface area contributed by atoms with Crippen LogP contribution in [0.5, 0.6) is 0 Å². The van der Waals surface area contributed by atoms with Crippen LogP contribution in [0.2, 0.25) is 18.1 Å². The van der Waals surface area contributed by atoms with E-state index in [0.29, 0.717) is 19.4 Å². The molecule has 1 fully saturated rings. The Labute approximate surface area is 263 Å². The van der Waals surface area contributed by atoms with Crippen molar-refractivity contribution in [2.24, 2.45) is 0 Å². The van der Waals surface area contributed by atoms with Gasteiger partial charge in [0.25, 0.3) is 0 Å². The van der Waals surface area contributed by atoms with Crippen LogP contribution in [0.4, 0.5) is 0 Å². The summed E-state index contributed by atoms with van der Waals surface area (Å²) in [5.74, 6) is -1.03. The van der Waals surface area contributed by atoms with Crippen molar-refractivity contribution >= 4 is 14.3 Å². The summed E-state index contributed by atoms with van der Waals surface area (Å²) >= 11 is 0. The Kier molecular flexibility index (Phi) is 13.5. The number of carbonyl (C=O) groups is 1. The van der Waals surface area contributed by atoms with Crippen LogP contribution in [0.3, 0.4) is 0 Å². The van der Waals surface area contributed by atoms with Gasteiger partial charge in [-0.1, -0.05) is 80.0 Å². The first-order valence-electron chi connectivity index (χ1n) is 16.4. The number of esters is 1.